The third kappa shape index (κ3) is 4.30. The summed E-state index contributed by atoms with van der Waals surface area (Å²) in [6.07, 6.45) is 1.70. The highest BCUT2D eigenvalue weighted by Crippen LogP contribution is 2.22. The van der Waals surface area contributed by atoms with Gasteiger partial charge in [0, 0.05) is 18.1 Å². The van der Waals surface area contributed by atoms with Crippen molar-refractivity contribution in [3.05, 3.63) is 52.1 Å². The van der Waals surface area contributed by atoms with E-state index in [0.717, 1.165) is 0 Å². The molecule has 0 aliphatic heterocycles. The smallest absolute Gasteiger partial charge is 0.285 e. The minimum Gasteiger partial charge on any atom is -0.351 e. The second-order valence-corrected chi connectivity index (χ2v) is 4.81. The number of halogens is 2. The Morgan fingerprint density at radius 2 is 2.10 bits per heavy atom. The van der Waals surface area contributed by atoms with E-state index < -0.39 is 33.7 Å². The summed E-state index contributed by atoms with van der Waals surface area (Å²) in [6, 6.07) is 0.927. The van der Waals surface area contributed by atoms with Crippen LogP contribution in [0.3, 0.4) is 0 Å². The fourth-order valence-electron chi connectivity index (χ4n) is 1.37. The number of hydrogen-bond donors (Lipinski definition) is 1. The van der Waals surface area contributed by atoms with Gasteiger partial charge in [-0.3, -0.25) is 14.9 Å². The highest BCUT2D eigenvalue weighted by atomic mass is 32.2. The molecule has 0 aromatic heterocycles. The van der Waals surface area contributed by atoms with Gasteiger partial charge in [-0.05, 0) is 6.07 Å². The molecular weight excluding hydrogens is 290 g/mol. The van der Waals surface area contributed by atoms with Crippen molar-refractivity contribution in [3.8, 4) is 0 Å². The largest absolute Gasteiger partial charge is 0.351 e. The van der Waals surface area contributed by atoms with Crippen LogP contribution in [0.2, 0.25) is 0 Å². The van der Waals surface area contributed by atoms with Crippen molar-refractivity contribution >= 4 is 23.4 Å². The molecule has 0 atom stereocenters. The first-order chi connectivity index (χ1) is 9.47. The van der Waals surface area contributed by atoms with Crippen LogP contribution in [0.5, 0.6) is 0 Å². The van der Waals surface area contributed by atoms with Gasteiger partial charge in [-0.1, -0.05) is 6.08 Å². The fourth-order valence-corrected chi connectivity index (χ4v) is 1.95. The average Bonchev–Trinajstić information content (AvgIpc) is 2.40. The zero-order valence-electron chi connectivity index (χ0n) is 10.4. The van der Waals surface area contributed by atoms with E-state index in [2.05, 4.69) is 11.9 Å². The molecular formula is C12H12F2N2O3S. The predicted octanol–water partition coefficient (Wildman–Crippen LogP) is 2.52. The molecule has 0 unspecified atom stereocenters. The van der Waals surface area contributed by atoms with E-state index in [-0.39, 0.29) is 6.54 Å². The first kappa shape index (κ1) is 16.1. The number of thioether (sulfide) groups is 1. The number of carbonyl (C=O) groups is 1. The molecule has 8 heteroatoms. The first-order valence-electron chi connectivity index (χ1n) is 5.57. The first-order valence-corrected chi connectivity index (χ1v) is 6.73. The number of nitro groups is 1. The molecule has 0 fully saturated rings. The molecule has 1 N–H and O–H groups in total. The zero-order valence-corrected chi connectivity index (χ0v) is 11.2. The topological polar surface area (TPSA) is 72.2 Å². The van der Waals surface area contributed by atoms with Gasteiger partial charge in [0.05, 0.1) is 11.0 Å². The Balaban J connectivity index is 2.79. The van der Waals surface area contributed by atoms with Crippen LogP contribution in [0.25, 0.3) is 0 Å². The number of benzene rings is 1. The minimum atomic E-state index is -1.37. The second kappa shape index (κ2) is 7.59. The Morgan fingerprint density at radius 3 is 2.70 bits per heavy atom. The second-order valence-electron chi connectivity index (χ2n) is 3.66. The molecule has 0 spiro atoms. The molecule has 1 rings (SSSR count). The highest BCUT2D eigenvalue weighted by molar-refractivity contribution is 7.99. The predicted molar refractivity (Wildman–Crippen MR) is 72.9 cm³/mol. The maximum absolute atomic E-state index is 13.1. The number of hydrogen-bond acceptors (Lipinski definition) is 4. The molecule has 0 aliphatic rings. The Labute approximate surface area is 118 Å². The molecule has 0 saturated carbocycles. The lowest BCUT2D eigenvalue weighted by Crippen LogP contribution is -2.26. The van der Waals surface area contributed by atoms with Crippen LogP contribution in [0.4, 0.5) is 14.5 Å². The van der Waals surface area contributed by atoms with Crippen molar-refractivity contribution in [1.82, 2.24) is 5.32 Å². The highest BCUT2D eigenvalue weighted by Gasteiger charge is 2.23. The normalized spacial score (nSPS) is 10.1. The summed E-state index contributed by atoms with van der Waals surface area (Å²) >= 11 is 1.51. The molecule has 5 nitrogen and oxygen atoms in total. The zero-order chi connectivity index (χ0) is 15.1. The molecule has 0 heterocycles. The lowest BCUT2D eigenvalue weighted by atomic mass is 10.1. The van der Waals surface area contributed by atoms with Crippen molar-refractivity contribution in [3.63, 3.8) is 0 Å². The van der Waals surface area contributed by atoms with E-state index in [1.54, 1.807) is 6.08 Å². The van der Waals surface area contributed by atoms with Crippen molar-refractivity contribution < 1.29 is 18.5 Å². The van der Waals surface area contributed by atoms with Gasteiger partial charge in [0.15, 0.2) is 11.6 Å². The van der Waals surface area contributed by atoms with Gasteiger partial charge in [-0.15, -0.1) is 6.58 Å². The third-order valence-electron chi connectivity index (χ3n) is 2.25. The van der Waals surface area contributed by atoms with Crippen molar-refractivity contribution in [2.45, 2.75) is 0 Å². The Hall–Kier alpha value is -1.96. The van der Waals surface area contributed by atoms with Crippen LogP contribution in [0.1, 0.15) is 10.4 Å². The number of amides is 1. The standard InChI is InChI=1S/C12H12F2N2O3S/c1-2-4-20-5-3-15-12(17)8-6-9(13)10(14)7-11(8)16(18)19/h2,6-7H,1,3-5H2,(H,15,17). The summed E-state index contributed by atoms with van der Waals surface area (Å²) in [4.78, 5) is 21.5. The molecule has 0 radical (unpaired) electrons. The van der Waals surface area contributed by atoms with Crippen LogP contribution in [-0.4, -0.2) is 28.9 Å². The van der Waals surface area contributed by atoms with Gasteiger partial charge in [0.2, 0.25) is 0 Å². The number of nitro benzene ring substituents is 1. The van der Waals surface area contributed by atoms with Gasteiger partial charge < -0.3 is 5.32 Å². The van der Waals surface area contributed by atoms with E-state index >= 15 is 0 Å². The molecule has 0 bridgehead atoms. The molecule has 0 saturated heterocycles. The van der Waals surface area contributed by atoms with E-state index in [1.807, 2.05) is 0 Å². The lowest BCUT2D eigenvalue weighted by molar-refractivity contribution is -0.385. The third-order valence-corrected chi connectivity index (χ3v) is 3.21. The fraction of sp³-hybridized carbons (Fsp3) is 0.250. The number of nitrogens with zero attached hydrogens (tertiary/aromatic N) is 1. The van der Waals surface area contributed by atoms with Gasteiger partial charge in [-0.2, -0.15) is 11.8 Å². The number of rotatable bonds is 7. The Bertz CT molecular complexity index is 538. The molecule has 1 aromatic carbocycles. The van der Waals surface area contributed by atoms with Crippen molar-refractivity contribution in [1.29, 1.82) is 0 Å². The Kier molecular flexibility index (Phi) is 6.10. The summed E-state index contributed by atoms with van der Waals surface area (Å²) in [5, 5.41) is 13.1. The summed E-state index contributed by atoms with van der Waals surface area (Å²) < 4.78 is 26.0. The van der Waals surface area contributed by atoms with Crippen molar-refractivity contribution in [2.75, 3.05) is 18.1 Å². The summed E-state index contributed by atoms with van der Waals surface area (Å²) in [5.41, 5.74) is -1.26. The van der Waals surface area contributed by atoms with E-state index in [1.165, 1.54) is 11.8 Å². The SMILES string of the molecule is C=CCSCCNC(=O)c1cc(F)c(F)cc1[N+](=O)[O-]. The van der Waals surface area contributed by atoms with Crippen molar-refractivity contribution in [2.24, 2.45) is 0 Å². The molecule has 1 amide bonds. The molecule has 1 aromatic rings. The summed E-state index contributed by atoms with van der Waals surface area (Å²) in [7, 11) is 0. The van der Waals surface area contributed by atoms with Gasteiger partial charge >= 0.3 is 0 Å². The monoisotopic (exact) mass is 302 g/mol. The van der Waals surface area contributed by atoms with Gasteiger partial charge in [-0.25, -0.2) is 8.78 Å². The summed E-state index contributed by atoms with van der Waals surface area (Å²) in [6.45, 7) is 3.79. The number of nitrogens with one attached hydrogen (secondary N) is 1. The van der Waals surface area contributed by atoms with Crippen LogP contribution >= 0.6 is 11.8 Å². The minimum absolute atomic E-state index is 0.257. The maximum atomic E-state index is 13.1. The lowest BCUT2D eigenvalue weighted by Gasteiger charge is -2.06. The average molecular weight is 302 g/mol. The summed E-state index contributed by atoms with van der Waals surface area (Å²) in [5.74, 6) is -2.19. The maximum Gasteiger partial charge on any atom is 0.285 e. The van der Waals surface area contributed by atoms with Gasteiger partial charge in [0.25, 0.3) is 11.6 Å². The van der Waals surface area contributed by atoms with E-state index in [0.29, 0.717) is 23.6 Å². The quantitative estimate of drug-likeness (QED) is 0.363. The van der Waals surface area contributed by atoms with E-state index in [4.69, 9.17) is 0 Å². The van der Waals surface area contributed by atoms with Crippen LogP contribution in [0, 0.1) is 21.7 Å². The van der Waals surface area contributed by atoms with Crippen LogP contribution in [-0.2, 0) is 0 Å². The number of carbonyl (C=O) groups excluding carboxylic acids is 1. The van der Waals surface area contributed by atoms with Crippen LogP contribution < -0.4 is 5.32 Å². The van der Waals surface area contributed by atoms with E-state index in [9.17, 15) is 23.7 Å². The molecule has 108 valence electrons. The van der Waals surface area contributed by atoms with Gasteiger partial charge in [0.1, 0.15) is 5.56 Å². The molecule has 20 heavy (non-hydrogen) atoms. The Morgan fingerprint density at radius 1 is 1.45 bits per heavy atom. The molecule has 0 aliphatic carbocycles. The van der Waals surface area contributed by atoms with Crippen LogP contribution in [0.15, 0.2) is 24.8 Å².